The second-order valence-electron chi connectivity index (χ2n) is 3.97. The van der Waals surface area contributed by atoms with Crippen LogP contribution in [0, 0.1) is 0 Å². The van der Waals surface area contributed by atoms with E-state index in [-0.39, 0.29) is 0 Å². The normalized spacial score (nSPS) is 18.2. The fraction of sp³-hybridized carbons (Fsp3) is 0.273. The minimum atomic E-state index is -2.16. The van der Waals surface area contributed by atoms with Gasteiger partial charge in [-0.3, -0.25) is 4.21 Å². The van der Waals surface area contributed by atoms with E-state index in [9.17, 15) is 8.76 Å². The summed E-state index contributed by atoms with van der Waals surface area (Å²) in [6.45, 7) is 0. The molecule has 1 saturated carbocycles. The maximum absolute atomic E-state index is 10.9. The van der Waals surface area contributed by atoms with Gasteiger partial charge in [-0.05, 0) is 41.5 Å². The van der Waals surface area contributed by atoms with Crippen molar-refractivity contribution in [3.05, 3.63) is 30.0 Å². The first-order chi connectivity index (χ1) is 7.25. The van der Waals surface area contributed by atoms with E-state index in [1.54, 1.807) is 6.20 Å². The molecule has 1 aromatic heterocycles. The Morgan fingerprint density at radius 3 is 2.87 bits per heavy atom. The Kier molecular flexibility index (Phi) is 1.94. The van der Waals surface area contributed by atoms with Gasteiger partial charge in [-0.25, -0.2) is 0 Å². The minimum Gasteiger partial charge on any atom is -0.768 e. The van der Waals surface area contributed by atoms with Gasteiger partial charge in [0.2, 0.25) is 0 Å². The molecular weight excluding hydrogens is 210 g/mol. The van der Waals surface area contributed by atoms with E-state index in [0.29, 0.717) is 10.8 Å². The molecule has 1 aliphatic rings. The largest absolute Gasteiger partial charge is 0.768 e. The molecule has 1 atom stereocenters. The molecule has 1 fully saturated rings. The summed E-state index contributed by atoms with van der Waals surface area (Å²) < 4.78 is 21.8. The van der Waals surface area contributed by atoms with Crippen LogP contribution in [0.3, 0.4) is 0 Å². The molecule has 0 bridgehead atoms. The van der Waals surface area contributed by atoms with Gasteiger partial charge < -0.3 is 9.54 Å². The average molecular weight is 220 g/mol. The Bertz CT molecular complexity index is 543. The highest BCUT2D eigenvalue weighted by atomic mass is 32.2. The molecular formula is C11H10NO2S-. The lowest BCUT2D eigenvalue weighted by molar-refractivity contribution is 0.538. The molecule has 0 aliphatic heterocycles. The average Bonchev–Trinajstić information content (AvgIpc) is 2.97. The molecule has 0 amide bonds. The van der Waals surface area contributed by atoms with Crippen molar-refractivity contribution in [2.24, 2.45) is 0 Å². The van der Waals surface area contributed by atoms with Crippen LogP contribution in [0.25, 0.3) is 10.9 Å². The number of nitrogens with one attached hydrogen (secondary N) is 1. The molecule has 4 heteroatoms. The fourth-order valence-electron chi connectivity index (χ4n) is 1.93. The Hall–Kier alpha value is -1.13. The highest BCUT2D eigenvalue weighted by molar-refractivity contribution is 7.79. The molecule has 1 unspecified atom stereocenters. The maximum atomic E-state index is 10.9. The van der Waals surface area contributed by atoms with Crippen molar-refractivity contribution in [1.82, 2.24) is 4.98 Å². The first-order valence-corrected chi connectivity index (χ1v) is 6.03. The standard InChI is InChI=1S/C11H11NO2S/c13-15(14)11-6-12-10-5-8(7-1-2-7)3-4-9(10)11/h3-7,12H,1-2H2,(H,13,14)/p-1. The van der Waals surface area contributed by atoms with Crippen LogP contribution >= 0.6 is 0 Å². The fourth-order valence-corrected chi connectivity index (χ4v) is 2.44. The van der Waals surface area contributed by atoms with Gasteiger partial charge in [-0.1, -0.05) is 12.1 Å². The Morgan fingerprint density at radius 1 is 1.40 bits per heavy atom. The van der Waals surface area contributed by atoms with Crippen LogP contribution in [0.4, 0.5) is 0 Å². The van der Waals surface area contributed by atoms with E-state index in [2.05, 4.69) is 11.1 Å². The minimum absolute atomic E-state index is 0.354. The van der Waals surface area contributed by atoms with E-state index >= 15 is 0 Å². The number of aromatic amines is 1. The number of rotatable bonds is 2. The van der Waals surface area contributed by atoms with Crippen LogP contribution in [0.15, 0.2) is 29.3 Å². The molecule has 3 rings (SSSR count). The van der Waals surface area contributed by atoms with Gasteiger partial charge >= 0.3 is 0 Å². The summed E-state index contributed by atoms with van der Waals surface area (Å²) in [6, 6.07) is 5.98. The van der Waals surface area contributed by atoms with E-state index in [1.165, 1.54) is 18.4 Å². The molecule has 0 spiro atoms. The number of hydrogen-bond acceptors (Lipinski definition) is 2. The number of H-pyrrole nitrogens is 1. The smallest absolute Gasteiger partial charge is 0.0502 e. The van der Waals surface area contributed by atoms with Crippen LogP contribution in [0.2, 0.25) is 0 Å². The van der Waals surface area contributed by atoms with Crippen LogP contribution in [0.1, 0.15) is 24.3 Å². The zero-order valence-electron chi connectivity index (χ0n) is 8.03. The van der Waals surface area contributed by atoms with Crippen molar-refractivity contribution < 1.29 is 8.76 Å². The summed E-state index contributed by atoms with van der Waals surface area (Å²) in [6.07, 6.45) is 4.06. The van der Waals surface area contributed by atoms with Crippen molar-refractivity contribution in [2.75, 3.05) is 0 Å². The zero-order valence-corrected chi connectivity index (χ0v) is 8.84. The van der Waals surface area contributed by atoms with Gasteiger partial charge in [0.05, 0.1) is 4.90 Å². The molecule has 0 saturated heterocycles. The van der Waals surface area contributed by atoms with Crippen molar-refractivity contribution in [2.45, 2.75) is 23.7 Å². The number of hydrogen-bond donors (Lipinski definition) is 1. The van der Waals surface area contributed by atoms with Gasteiger partial charge in [-0.15, -0.1) is 0 Å². The summed E-state index contributed by atoms with van der Waals surface area (Å²) in [5, 5.41) is 0.785. The Balaban J connectivity index is 2.17. The third-order valence-corrected chi connectivity index (χ3v) is 3.59. The second-order valence-corrected chi connectivity index (χ2v) is 4.88. The molecule has 78 valence electrons. The summed E-state index contributed by atoms with van der Waals surface area (Å²) >= 11 is -2.16. The van der Waals surface area contributed by atoms with Crippen molar-refractivity contribution >= 4 is 22.0 Å². The molecule has 15 heavy (non-hydrogen) atoms. The van der Waals surface area contributed by atoms with E-state index in [0.717, 1.165) is 10.9 Å². The van der Waals surface area contributed by atoms with Crippen LogP contribution in [-0.4, -0.2) is 13.7 Å². The van der Waals surface area contributed by atoms with Crippen LogP contribution < -0.4 is 0 Å². The maximum Gasteiger partial charge on any atom is 0.0502 e. The van der Waals surface area contributed by atoms with E-state index in [4.69, 9.17) is 0 Å². The summed E-state index contributed by atoms with van der Waals surface area (Å²) in [4.78, 5) is 3.35. The lowest BCUT2D eigenvalue weighted by atomic mass is 10.1. The van der Waals surface area contributed by atoms with Gasteiger partial charge in [0.15, 0.2) is 0 Å². The van der Waals surface area contributed by atoms with Gasteiger partial charge in [0.1, 0.15) is 0 Å². The predicted molar refractivity (Wildman–Crippen MR) is 57.5 cm³/mol. The molecule has 3 nitrogen and oxygen atoms in total. The first kappa shape index (κ1) is 9.12. The van der Waals surface area contributed by atoms with Crippen LogP contribution in [-0.2, 0) is 11.1 Å². The van der Waals surface area contributed by atoms with Crippen molar-refractivity contribution in [1.29, 1.82) is 0 Å². The van der Waals surface area contributed by atoms with Gasteiger partial charge in [0.25, 0.3) is 0 Å². The quantitative estimate of drug-likeness (QED) is 0.789. The molecule has 0 radical (unpaired) electrons. The highest BCUT2D eigenvalue weighted by Crippen LogP contribution is 2.41. The monoisotopic (exact) mass is 220 g/mol. The Labute approximate surface area is 89.8 Å². The summed E-state index contributed by atoms with van der Waals surface area (Å²) in [7, 11) is 0. The molecule has 1 heterocycles. The van der Waals surface area contributed by atoms with E-state index in [1.807, 2.05) is 12.1 Å². The lowest BCUT2D eigenvalue weighted by Crippen LogP contribution is -1.86. The second kappa shape index (κ2) is 3.18. The number of benzene rings is 1. The molecule has 1 aromatic carbocycles. The Morgan fingerprint density at radius 2 is 2.20 bits per heavy atom. The lowest BCUT2D eigenvalue weighted by Gasteiger charge is -2.03. The highest BCUT2D eigenvalue weighted by Gasteiger charge is 2.23. The number of fused-ring (bicyclic) bond motifs is 1. The van der Waals surface area contributed by atoms with Crippen molar-refractivity contribution in [3.8, 4) is 0 Å². The SMILES string of the molecule is O=S([O-])c1c[nH]c2cc(C3CC3)ccc12. The topological polar surface area (TPSA) is 55.9 Å². The zero-order chi connectivity index (χ0) is 10.4. The third-order valence-electron chi connectivity index (χ3n) is 2.90. The summed E-state index contributed by atoms with van der Waals surface area (Å²) in [5.41, 5.74) is 2.23. The van der Waals surface area contributed by atoms with Gasteiger partial charge in [0, 0.05) is 17.1 Å². The first-order valence-electron chi connectivity index (χ1n) is 4.96. The molecule has 2 aromatic rings. The van der Waals surface area contributed by atoms with Crippen molar-refractivity contribution in [3.63, 3.8) is 0 Å². The third kappa shape index (κ3) is 1.50. The molecule has 1 N–H and O–H groups in total. The van der Waals surface area contributed by atoms with E-state index < -0.39 is 11.1 Å². The van der Waals surface area contributed by atoms with Crippen LogP contribution in [0.5, 0.6) is 0 Å². The van der Waals surface area contributed by atoms with Gasteiger partial charge in [-0.2, -0.15) is 0 Å². The predicted octanol–water partition coefficient (Wildman–Crippen LogP) is 2.28. The summed E-state index contributed by atoms with van der Waals surface area (Å²) in [5.74, 6) is 0.693. The number of aromatic nitrogens is 1. The molecule has 1 aliphatic carbocycles.